The van der Waals surface area contributed by atoms with Crippen LogP contribution in [-0.2, 0) is 5.75 Å². The number of hydrogen-bond acceptors (Lipinski definition) is 7. The average molecular weight is 472 g/mol. The molecule has 0 bridgehead atoms. The summed E-state index contributed by atoms with van der Waals surface area (Å²) < 4.78 is 17.6. The Kier molecular flexibility index (Phi) is 6.05. The first kappa shape index (κ1) is 21.8. The van der Waals surface area contributed by atoms with Crippen LogP contribution in [0.5, 0.6) is 11.5 Å². The van der Waals surface area contributed by atoms with Crippen molar-refractivity contribution in [2.45, 2.75) is 10.9 Å². The fourth-order valence-corrected chi connectivity index (χ4v) is 4.47. The summed E-state index contributed by atoms with van der Waals surface area (Å²) in [6.45, 7) is 0. The molecule has 0 aliphatic carbocycles. The zero-order valence-corrected chi connectivity index (χ0v) is 19.4. The first-order chi connectivity index (χ1) is 16.7. The number of thioether (sulfide) groups is 1. The maximum atomic E-state index is 13.4. The highest BCUT2D eigenvalue weighted by Gasteiger charge is 2.15. The van der Waals surface area contributed by atoms with Crippen molar-refractivity contribution in [2.24, 2.45) is 0 Å². The molecule has 0 spiro atoms. The number of nitrogens with zero attached hydrogens (tertiary/aromatic N) is 3. The second-order valence-corrected chi connectivity index (χ2v) is 8.39. The summed E-state index contributed by atoms with van der Waals surface area (Å²) in [5.74, 6) is 2.64. The van der Waals surface area contributed by atoms with Gasteiger partial charge in [0.05, 0.1) is 36.6 Å². The van der Waals surface area contributed by atoms with Crippen LogP contribution >= 0.6 is 11.8 Å². The van der Waals surface area contributed by atoms with Crippen LogP contribution in [0.2, 0.25) is 0 Å². The minimum Gasteiger partial charge on any atom is -0.497 e. The van der Waals surface area contributed by atoms with Crippen molar-refractivity contribution in [3.05, 3.63) is 95.0 Å². The van der Waals surface area contributed by atoms with E-state index < -0.39 is 0 Å². The Hall–Kier alpha value is -4.04. The van der Waals surface area contributed by atoms with Crippen LogP contribution in [0.15, 0.2) is 93.3 Å². The first-order valence-corrected chi connectivity index (χ1v) is 11.5. The standard InChI is InChI=1S/C26H21N3O4S/c1-31-19-11-7-17(8-12-19)24-15-21(33-28-24)16-34-26-27-23-6-4-3-5-22(23)25(30)29(26)18-9-13-20(32-2)14-10-18/h3-15H,16H2,1-2H3. The number of fused-ring (bicyclic) bond motifs is 1. The number of rotatable bonds is 7. The highest BCUT2D eigenvalue weighted by molar-refractivity contribution is 7.98. The molecule has 0 aliphatic rings. The third-order valence-corrected chi connectivity index (χ3v) is 6.32. The fourth-order valence-electron chi connectivity index (χ4n) is 3.58. The lowest BCUT2D eigenvalue weighted by molar-refractivity contribution is 0.397. The van der Waals surface area contributed by atoms with Crippen molar-refractivity contribution < 1.29 is 14.0 Å². The van der Waals surface area contributed by atoms with Gasteiger partial charge < -0.3 is 14.0 Å². The monoisotopic (exact) mass is 471 g/mol. The third kappa shape index (κ3) is 4.27. The Morgan fingerprint density at radius 1 is 0.912 bits per heavy atom. The van der Waals surface area contributed by atoms with Crippen molar-refractivity contribution in [1.82, 2.24) is 14.7 Å². The summed E-state index contributed by atoms with van der Waals surface area (Å²) in [7, 11) is 3.24. The highest BCUT2D eigenvalue weighted by atomic mass is 32.2. The van der Waals surface area contributed by atoms with Gasteiger partial charge in [0.1, 0.15) is 23.0 Å². The van der Waals surface area contributed by atoms with Crippen LogP contribution in [0, 0.1) is 0 Å². The lowest BCUT2D eigenvalue weighted by Gasteiger charge is -2.13. The number of para-hydroxylation sites is 1. The summed E-state index contributed by atoms with van der Waals surface area (Å²) in [6, 6.07) is 24.2. The van der Waals surface area contributed by atoms with E-state index in [1.165, 1.54) is 11.8 Å². The topological polar surface area (TPSA) is 79.4 Å². The molecule has 0 atom stereocenters. The molecule has 0 radical (unpaired) electrons. The fraction of sp³-hybridized carbons (Fsp3) is 0.115. The summed E-state index contributed by atoms with van der Waals surface area (Å²) in [6.07, 6.45) is 0. The van der Waals surface area contributed by atoms with E-state index >= 15 is 0 Å². The summed E-state index contributed by atoms with van der Waals surface area (Å²) >= 11 is 1.42. The van der Waals surface area contributed by atoms with E-state index in [0.29, 0.717) is 39.0 Å². The second-order valence-electron chi connectivity index (χ2n) is 7.45. The Labute approximate surface area is 200 Å². The van der Waals surface area contributed by atoms with E-state index in [4.69, 9.17) is 19.0 Å². The van der Waals surface area contributed by atoms with Crippen LogP contribution in [-0.4, -0.2) is 28.9 Å². The molecular weight excluding hydrogens is 450 g/mol. The molecule has 0 N–H and O–H groups in total. The predicted octanol–water partition coefficient (Wildman–Crippen LogP) is 5.35. The Balaban J connectivity index is 1.47. The van der Waals surface area contributed by atoms with Gasteiger partial charge in [-0.1, -0.05) is 29.1 Å². The molecule has 5 rings (SSSR count). The zero-order chi connectivity index (χ0) is 23.5. The zero-order valence-electron chi connectivity index (χ0n) is 18.6. The minimum absolute atomic E-state index is 0.130. The summed E-state index contributed by atoms with van der Waals surface area (Å²) in [5.41, 5.74) is 2.89. The van der Waals surface area contributed by atoms with Gasteiger partial charge in [0, 0.05) is 11.6 Å². The van der Waals surface area contributed by atoms with E-state index in [1.807, 2.05) is 72.8 Å². The second kappa shape index (κ2) is 9.44. The van der Waals surface area contributed by atoms with Gasteiger partial charge in [0.2, 0.25) is 0 Å². The van der Waals surface area contributed by atoms with E-state index in [2.05, 4.69) is 5.16 Å². The van der Waals surface area contributed by atoms with Crippen molar-refractivity contribution in [3.8, 4) is 28.4 Å². The number of hydrogen-bond donors (Lipinski definition) is 0. The number of aromatic nitrogens is 3. The lowest BCUT2D eigenvalue weighted by atomic mass is 10.1. The summed E-state index contributed by atoms with van der Waals surface area (Å²) in [4.78, 5) is 18.2. The van der Waals surface area contributed by atoms with Gasteiger partial charge in [0.15, 0.2) is 5.16 Å². The van der Waals surface area contributed by atoms with Gasteiger partial charge in [-0.25, -0.2) is 4.98 Å². The van der Waals surface area contributed by atoms with Crippen LogP contribution in [0.3, 0.4) is 0 Å². The van der Waals surface area contributed by atoms with Crippen LogP contribution in [0.1, 0.15) is 5.76 Å². The quantitative estimate of drug-likeness (QED) is 0.234. The van der Waals surface area contributed by atoms with E-state index in [0.717, 1.165) is 17.0 Å². The molecule has 0 amide bonds. The average Bonchev–Trinajstić information content (AvgIpc) is 3.37. The maximum Gasteiger partial charge on any atom is 0.266 e. The van der Waals surface area contributed by atoms with Crippen molar-refractivity contribution in [1.29, 1.82) is 0 Å². The molecule has 5 aromatic rings. The largest absolute Gasteiger partial charge is 0.497 e. The molecule has 2 heterocycles. The first-order valence-electron chi connectivity index (χ1n) is 10.6. The SMILES string of the molecule is COc1ccc(-c2cc(CSc3nc4ccccc4c(=O)n3-c3ccc(OC)cc3)on2)cc1. The summed E-state index contributed by atoms with van der Waals surface area (Å²) in [5, 5.41) is 5.31. The van der Waals surface area contributed by atoms with Gasteiger partial charge >= 0.3 is 0 Å². The Bertz CT molecular complexity index is 1490. The molecule has 0 aliphatic heterocycles. The molecular formula is C26H21N3O4S. The molecule has 0 saturated heterocycles. The Morgan fingerprint density at radius 2 is 1.59 bits per heavy atom. The molecule has 0 fully saturated rings. The third-order valence-electron chi connectivity index (χ3n) is 5.36. The van der Waals surface area contributed by atoms with Crippen LogP contribution in [0.25, 0.3) is 27.8 Å². The van der Waals surface area contributed by atoms with Crippen LogP contribution < -0.4 is 15.0 Å². The number of ether oxygens (including phenoxy) is 2. The number of methoxy groups -OCH3 is 2. The van der Waals surface area contributed by atoms with Crippen LogP contribution in [0.4, 0.5) is 0 Å². The van der Waals surface area contributed by atoms with Crippen molar-refractivity contribution in [3.63, 3.8) is 0 Å². The molecule has 0 saturated carbocycles. The van der Waals surface area contributed by atoms with Gasteiger partial charge in [-0.05, 0) is 60.7 Å². The lowest BCUT2D eigenvalue weighted by Crippen LogP contribution is -2.21. The molecule has 8 heteroatoms. The minimum atomic E-state index is -0.130. The van der Waals surface area contributed by atoms with Gasteiger partial charge in [-0.15, -0.1) is 0 Å². The smallest absolute Gasteiger partial charge is 0.266 e. The van der Waals surface area contributed by atoms with Gasteiger partial charge in [-0.3, -0.25) is 9.36 Å². The molecule has 0 unspecified atom stereocenters. The number of benzene rings is 3. The predicted molar refractivity (Wildman–Crippen MR) is 132 cm³/mol. The normalized spacial score (nSPS) is 11.0. The van der Waals surface area contributed by atoms with Crippen molar-refractivity contribution in [2.75, 3.05) is 14.2 Å². The van der Waals surface area contributed by atoms with E-state index in [-0.39, 0.29) is 5.56 Å². The molecule has 170 valence electrons. The molecule has 2 aromatic heterocycles. The molecule has 34 heavy (non-hydrogen) atoms. The molecule has 3 aromatic carbocycles. The van der Waals surface area contributed by atoms with Crippen molar-refractivity contribution >= 4 is 22.7 Å². The highest BCUT2D eigenvalue weighted by Crippen LogP contribution is 2.28. The Morgan fingerprint density at radius 3 is 2.29 bits per heavy atom. The maximum absolute atomic E-state index is 13.4. The van der Waals surface area contributed by atoms with E-state index in [9.17, 15) is 4.79 Å². The molecule has 7 nitrogen and oxygen atoms in total. The van der Waals surface area contributed by atoms with Gasteiger partial charge in [0.25, 0.3) is 5.56 Å². The van der Waals surface area contributed by atoms with Gasteiger partial charge in [-0.2, -0.15) is 0 Å². The van der Waals surface area contributed by atoms with E-state index in [1.54, 1.807) is 24.9 Å².